The monoisotopic (exact) mass is 394 g/mol. The standard InChI is InChI=1S/C21H19BrN2O/c1-3-4-5-9-16(2)24-21(25)19-12-6-7-13-20(19)23-15-17-10-8-11-18(22)14-17/h3-15H,2H2,1H3,(H,24,25)/b4-3-,9-5-,23-15+. The van der Waals surface area contributed by atoms with Gasteiger partial charge in [0.1, 0.15) is 0 Å². The van der Waals surface area contributed by atoms with Gasteiger partial charge < -0.3 is 5.32 Å². The molecule has 0 aliphatic carbocycles. The van der Waals surface area contributed by atoms with Crippen molar-refractivity contribution in [2.75, 3.05) is 0 Å². The zero-order valence-electron chi connectivity index (χ0n) is 13.9. The highest BCUT2D eigenvalue weighted by Crippen LogP contribution is 2.19. The van der Waals surface area contributed by atoms with Gasteiger partial charge in [0.25, 0.3) is 5.91 Å². The first-order valence-corrected chi connectivity index (χ1v) is 8.57. The second kappa shape index (κ2) is 9.55. The van der Waals surface area contributed by atoms with Crippen LogP contribution in [0.3, 0.4) is 0 Å². The fraction of sp³-hybridized carbons (Fsp3) is 0.0476. The summed E-state index contributed by atoms with van der Waals surface area (Å²) in [5.41, 5.74) is 2.57. The fourth-order valence-corrected chi connectivity index (χ4v) is 2.46. The summed E-state index contributed by atoms with van der Waals surface area (Å²) in [7, 11) is 0. The lowest BCUT2D eigenvalue weighted by atomic mass is 10.1. The molecule has 0 unspecified atom stereocenters. The van der Waals surface area contributed by atoms with E-state index >= 15 is 0 Å². The van der Waals surface area contributed by atoms with Crippen LogP contribution in [0.25, 0.3) is 0 Å². The Labute approximate surface area is 156 Å². The molecule has 2 aromatic rings. The molecule has 0 atom stereocenters. The molecule has 0 aliphatic rings. The number of carbonyl (C=O) groups is 1. The molecule has 25 heavy (non-hydrogen) atoms. The Kier molecular flexibility index (Phi) is 7.11. The first kappa shape index (κ1) is 18.6. The zero-order valence-corrected chi connectivity index (χ0v) is 15.5. The van der Waals surface area contributed by atoms with E-state index in [1.165, 1.54) is 0 Å². The molecule has 4 heteroatoms. The van der Waals surface area contributed by atoms with Crippen LogP contribution in [0.15, 0.2) is 94.6 Å². The first-order chi connectivity index (χ1) is 12.1. The number of amides is 1. The van der Waals surface area contributed by atoms with Crippen LogP contribution in [0.2, 0.25) is 0 Å². The van der Waals surface area contributed by atoms with Crippen LogP contribution < -0.4 is 5.32 Å². The van der Waals surface area contributed by atoms with Gasteiger partial charge in [0.2, 0.25) is 0 Å². The van der Waals surface area contributed by atoms with Gasteiger partial charge in [-0.25, -0.2) is 0 Å². The van der Waals surface area contributed by atoms with Crippen LogP contribution in [0.5, 0.6) is 0 Å². The van der Waals surface area contributed by atoms with Gasteiger partial charge in [0, 0.05) is 16.4 Å². The average molecular weight is 395 g/mol. The molecule has 0 spiro atoms. The molecule has 0 radical (unpaired) electrons. The van der Waals surface area contributed by atoms with Crippen LogP contribution in [0.4, 0.5) is 5.69 Å². The largest absolute Gasteiger partial charge is 0.322 e. The summed E-state index contributed by atoms with van der Waals surface area (Å²) in [6.45, 7) is 5.75. The molecule has 2 aromatic carbocycles. The van der Waals surface area contributed by atoms with Gasteiger partial charge in [-0.1, -0.05) is 65.0 Å². The van der Waals surface area contributed by atoms with Gasteiger partial charge in [0.15, 0.2) is 0 Å². The second-order valence-corrected chi connectivity index (χ2v) is 6.11. The fourth-order valence-electron chi connectivity index (χ4n) is 2.05. The quantitative estimate of drug-likeness (QED) is 0.504. The Morgan fingerprint density at radius 2 is 1.96 bits per heavy atom. The van der Waals surface area contributed by atoms with Crippen molar-refractivity contribution < 1.29 is 4.79 Å². The molecule has 2 rings (SSSR count). The van der Waals surface area contributed by atoms with Gasteiger partial charge in [-0.2, -0.15) is 0 Å². The van der Waals surface area contributed by atoms with Gasteiger partial charge in [-0.15, -0.1) is 0 Å². The molecule has 0 aliphatic heterocycles. The summed E-state index contributed by atoms with van der Waals surface area (Å²) < 4.78 is 0.978. The topological polar surface area (TPSA) is 41.5 Å². The molecule has 3 nitrogen and oxygen atoms in total. The van der Waals surface area contributed by atoms with Crippen molar-refractivity contribution in [2.45, 2.75) is 6.92 Å². The van der Waals surface area contributed by atoms with Gasteiger partial charge in [-0.3, -0.25) is 9.79 Å². The molecular weight excluding hydrogens is 376 g/mol. The van der Waals surface area contributed by atoms with Crippen molar-refractivity contribution in [2.24, 2.45) is 4.99 Å². The molecule has 1 N–H and O–H groups in total. The van der Waals surface area contributed by atoms with E-state index in [4.69, 9.17) is 0 Å². The van der Waals surface area contributed by atoms with Gasteiger partial charge in [0.05, 0.1) is 11.3 Å². The summed E-state index contributed by atoms with van der Waals surface area (Å²) in [5, 5.41) is 2.77. The smallest absolute Gasteiger partial charge is 0.257 e. The Bertz CT molecular complexity index is 850. The van der Waals surface area contributed by atoms with E-state index in [-0.39, 0.29) is 5.91 Å². The number of nitrogens with one attached hydrogen (secondary N) is 1. The zero-order chi connectivity index (χ0) is 18.1. The van der Waals surface area contributed by atoms with Crippen LogP contribution in [0.1, 0.15) is 22.8 Å². The lowest BCUT2D eigenvalue weighted by Crippen LogP contribution is -2.21. The van der Waals surface area contributed by atoms with Crippen LogP contribution in [-0.4, -0.2) is 12.1 Å². The minimum absolute atomic E-state index is 0.239. The second-order valence-electron chi connectivity index (χ2n) is 5.19. The van der Waals surface area contributed by atoms with E-state index in [0.717, 1.165) is 10.0 Å². The van der Waals surface area contributed by atoms with E-state index in [2.05, 4.69) is 32.8 Å². The number of hydrogen-bond acceptors (Lipinski definition) is 2. The third kappa shape index (κ3) is 6.01. The Hall–Kier alpha value is -2.72. The molecular formula is C21H19BrN2O. The highest BCUT2D eigenvalue weighted by Gasteiger charge is 2.10. The van der Waals surface area contributed by atoms with E-state index in [0.29, 0.717) is 16.9 Å². The maximum Gasteiger partial charge on any atom is 0.257 e. The van der Waals surface area contributed by atoms with Crippen LogP contribution in [0, 0.1) is 0 Å². The highest BCUT2D eigenvalue weighted by molar-refractivity contribution is 9.10. The van der Waals surface area contributed by atoms with Crippen molar-refractivity contribution >= 4 is 33.7 Å². The van der Waals surface area contributed by atoms with Crippen molar-refractivity contribution in [3.8, 4) is 0 Å². The summed E-state index contributed by atoms with van der Waals surface area (Å²) in [5.74, 6) is -0.239. The summed E-state index contributed by atoms with van der Waals surface area (Å²) in [6.07, 6.45) is 9.06. The molecule has 0 fully saturated rings. The minimum atomic E-state index is -0.239. The van der Waals surface area contributed by atoms with Crippen molar-refractivity contribution in [1.82, 2.24) is 5.32 Å². The summed E-state index contributed by atoms with van der Waals surface area (Å²) in [6, 6.07) is 15.0. The van der Waals surface area contributed by atoms with Crippen LogP contribution in [-0.2, 0) is 0 Å². The van der Waals surface area contributed by atoms with Crippen LogP contribution >= 0.6 is 15.9 Å². The average Bonchev–Trinajstić information content (AvgIpc) is 2.60. The highest BCUT2D eigenvalue weighted by atomic mass is 79.9. The number of rotatable bonds is 6. The number of allylic oxidation sites excluding steroid dienone is 4. The Morgan fingerprint density at radius 1 is 1.16 bits per heavy atom. The maximum absolute atomic E-state index is 12.5. The molecule has 0 heterocycles. The predicted molar refractivity (Wildman–Crippen MR) is 108 cm³/mol. The number of nitrogens with zero attached hydrogens (tertiary/aromatic N) is 1. The Balaban J connectivity index is 2.17. The number of aliphatic imine (C=N–C) groups is 1. The molecule has 1 amide bonds. The number of benzene rings is 2. The Morgan fingerprint density at radius 3 is 2.72 bits per heavy atom. The summed E-state index contributed by atoms with van der Waals surface area (Å²) in [4.78, 5) is 16.9. The third-order valence-corrected chi connectivity index (χ3v) is 3.72. The number of hydrogen-bond donors (Lipinski definition) is 1. The van der Waals surface area contributed by atoms with Gasteiger partial charge >= 0.3 is 0 Å². The predicted octanol–water partition coefficient (Wildman–Crippen LogP) is 5.58. The van der Waals surface area contributed by atoms with Gasteiger partial charge in [-0.05, 0) is 42.8 Å². The molecule has 126 valence electrons. The number of para-hydroxylation sites is 1. The van der Waals surface area contributed by atoms with Crippen molar-refractivity contribution in [3.05, 3.63) is 101 Å². The maximum atomic E-state index is 12.5. The molecule has 0 aromatic heterocycles. The third-order valence-electron chi connectivity index (χ3n) is 3.23. The van der Waals surface area contributed by atoms with Crippen molar-refractivity contribution in [1.29, 1.82) is 0 Å². The minimum Gasteiger partial charge on any atom is -0.322 e. The normalized spacial score (nSPS) is 11.4. The first-order valence-electron chi connectivity index (χ1n) is 7.78. The van der Waals surface area contributed by atoms with E-state index in [9.17, 15) is 4.79 Å². The number of halogens is 1. The van der Waals surface area contributed by atoms with E-state index < -0.39 is 0 Å². The van der Waals surface area contributed by atoms with E-state index in [1.807, 2.05) is 67.6 Å². The molecule has 0 saturated carbocycles. The SMILES string of the molecule is C=C(/C=C\C=C/C)NC(=O)c1ccccc1/N=C/c1cccc(Br)c1. The molecule has 0 saturated heterocycles. The lowest BCUT2D eigenvalue weighted by molar-refractivity contribution is 0.0968. The summed E-state index contributed by atoms with van der Waals surface area (Å²) >= 11 is 3.43. The van der Waals surface area contributed by atoms with E-state index in [1.54, 1.807) is 18.4 Å². The van der Waals surface area contributed by atoms with Crippen molar-refractivity contribution in [3.63, 3.8) is 0 Å². The lowest BCUT2D eigenvalue weighted by Gasteiger charge is -2.07. The number of carbonyl (C=O) groups excluding carboxylic acids is 1. The molecule has 0 bridgehead atoms.